The van der Waals surface area contributed by atoms with Crippen molar-refractivity contribution >= 4 is 5.97 Å². The van der Waals surface area contributed by atoms with Crippen LogP contribution in [0.1, 0.15) is 105 Å². The number of unbranched alkanes of at least 4 members (excludes halogenated alkanes) is 4. The maximum Gasteiger partial charge on any atom is 0.345 e. The number of ether oxygens (including phenoxy) is 1. The molecule has 238 valence electrons. The first kappa shape index (κ1) is 33.1. The van der Waals surface area contributed by atoms with E-state index >= 15 is 0 Å². The van der Waals surface area contributed by atoms with Gasteiger partial charge in [0.05, 0.1) is 25.2 Å². The van der Waals surface area contributed by atoms with Gasteiger partial charge in [0.15, 0.2) is 0 Å². The predicted molar refractivity (Wildman–Crippen MR) is 161 cm³/mol. The summed E-state index contributed by atoms with van der Waals surface area (Å²) in [5.74, 6) is -0.262. The first-order valence-corrected chi connectivity index (χ1v) is 17.0. The van der Waals surface area contributed by atoms with Gasteiger partial charge in [0.25, 0.3) is 0 Å². The standard InChI is InChI=1S/C32H60N4O5/c1-5-9-13-25-17-33(25)29(34-18-26(34)14-10-6-2)32(35-19-27(35)15-11-7-3,36-20-28(36)16-12-8-4)30(40)41-24-31(21-37,22-38)23-39/h25-29,37-39H,5-24H2,1-4H3. The zero-order chi connectivity index (χ0) is 29.6. The molecular weight excluding hydrogens is 520 g/mol. The third-order valence-corrected chi connectivity index (χ3v) is 10.2. The number of carbonyl (C=O) groups excluding carboxylic acids is 1. The Morgan fingerprint density at radius 3 is 1.44 bits per heavy atom. The van der Waals surface area contributed by atoms with Crippen molar-refractivity contribution in [1.82, 2.24) is 19.6 Å². The Kier molecular flexibility index (Phi) is 11.9. The fourth-order valence-electron chi connectivity index (χ4n) is 7.02. The summed E-state index contributed by atoms with van der Waals surface area (Å²) < 4.78 is 6.17. The lowest BCUT2D eigenvalue weighted by Crippen LogP contribution is -2.68. The summed E-state index contributed by atoms with van der Waals surface area (Å²) in [6.45, 7) is 11.3. The average molecular weight is 581 g/mol. The molecule has 4 fully saturated rings. The third-order valence-electron chi connectivity index (χ3n) is 10.2. The molecule has 9 nitrogen and oxygen atoms in total. The van der Waals surface area contributed by atoms with E-state index in [1.54, 1.807) is 0 Å². The Morgan fingerprint density at radius 2 is 1.07 bits per heavy atom. The van der Waals surface area contributed by atoms with Gasteiger partial charge in [-0.25, -0.2) is 4.79 Å². The lowest BCUT2D eigenvalue weighted by molar-refractivity contribution is -0.179. The maximum atomic E-state index is 14.8. The lowest BCUT2D eigenvalue weighted by atomic mass is 9.92. The molecule has 0 saturated carbocycles. The summed E-state index contributed by atoms with van der Waals surface area (Å²) in [4.78, 5) is 24.9. The molecule has 0 amide bonds. The first-order valence-electron chi connectivity index (χ1n) is 17.0. The summed E-state index contributed by atoms with van der Waals surface area (Å²) in [5, 5.41) is 30.0. The van der Waals surface area contributed by atoms with Gasteiger partial charge in [-0.1, -0.05) is 79.1 Å². The normalized spacial score (nSPS) is 34.1. The molecule has 4 heterocycles. The molecule has 0 spiro atoms. The van der Waals surface area contributed by atoms with Gasteiger partial charge in [-0.15, -0.1) is 0 Å². The van der Waals surface area contributed by atoms with Crippen molar-refractivity contribution in [2.75, 3.05) is 52.6 Å². The number of nitrogens with zero attached hydrogens (tertiary/aromatic N) is 4. The minimum absolute atomic E-state index is 0.0660. The van der Waals surface area contributed by atoms with Gasteiger partial charge >= 0.3 is 5.97 Å². The van der Waals surface area contributed by atoms with Crippen LogP contribution in [0.5, 0.6) is 0 Å². The van der Waals surface area contributed by atoms with E-state index in [1.807, 2.05) is 0 Å². The highest BCUT2D eigenvalue weighted by Crippen LogP contribution is 2.52. The molecule has 41 heavy (non-hydrogen) atoms. The van der Waals surface area contributed by atoms with Crippen molar-refractivity contribution in [2.24, 2.45) is 5.41 Å². The van der Waals surface area contributed by atoms with Gasteiger partial charge in [-0.3, -0.25) is 19.6 Å². The predicted octanol–water partition coefficient (Wildman–Crippen LogP) is 3.01. The van der Waals surface area contributed by atoms with E-state index in [1.165, 1.54) is 25.7 Å². The molecule has 4 aliphatic rings. The van der Waals surface area contributed by atoms with Crippen molar-refractivity contribution in [2.45, 2.75) is 141 Å². The Morgan fingerprint density at radius 1 is 0.683 bits per heavy atom. The number of hydrogen-bond acceptors (Lipinski definition) is 9. The molecular formula is C32H60N4O5. The summed E-state index contributed by atoms with van der Waals surface area (Å²) in [7, 11) is 0. The van der Waals surface area contributed by atoms with Crippen molar-refractivity contribution in [1.29, 1.82) is 0 Å². The SMILES string of the molecule is CCCCC1CN1C(N1CC1CCCC)C(C(=O)OCC(CO)(CO)CO)(N1CC1CCCC)N1CC1CCCC. The Labute approximate surface area is 249 Å². The van der Waals surface area contributed by atoms with E-state index in [0.717, 1.165) is 77.5 Å². The molecule has 9 heteroatoms. The molecule has 8 unspecified atom stereocenters. The summed E-state index contributed by atoms with van der Waals surface area (Å²) in [5.41, 5.74) is -2.16. The fourth-order valence-corrected chi connectivity index (χ4v) is 7.02. The van der Waals surface area contributed by atoms with E-state index in [-0.39, 0.29) is 18.7 Å². The van der Waals surface area contributed by atoms with Crippen LogP contribution < -0.4 is 0 Å². The zero-order valence-electron chi connectivity index (χ0n) is 26.5. The van der Waals surface area contributed by atoms with Crippen LogP contribution in [-0.4, -0.2) is 129 Å². The lowest BCUT2D eigenvalue weighted by Gasteiger charge is -2.44. The topological polar surface area (TPSA) is 99.0 Å². The zero-order valence-corrected chi connectivity index (χ0v) is 26.5. The quantitative estimate of drug-likeness (QED) is 0.124. The highest BCUT2D eigenvalue weighted by molar-refractivity contribution is 5.83. The van der Waals surface area contributed by atoms with Crippen LogP contribution in [0.25, 0.3) is 0 Å². The number of aliphatic hydroxyl groups excluding tert-OH is 3. The van der Waals surface area contributed by atoms with Crippen molar-refractivity contribution in [3.05, 3.63) is 0 Å². The molecule has 4 aliphatic heterocycles. The van der Waals surface area contributed by atoms with Crippen LogP contribution >= 0.6 is 0 Å². The first-order chi connectivity index (χ1) is 19.9. The van der Waals surface area contributed by atoms with Crippen LogP contribution in [0.3, 0.4) is 0 Å². The van der Waals surface area contributed by atoms with Gasteiger partial charge < -0.3 is 20.1 Å². The molecule has 4 rings (SSSR count). The van der Waals surface area contributed by atoms with Gasteiger partial charge in [-0.05, 0) is 25.7 Å². The van der Waals surface area contributed by atoms with Crippen LogP contribution in [0, 0.1) is 5.41 Å². The fraction of sp³-hybridized carbons (Fsp3) is 0.969. The molecule has 0 aliphatic carbocycles. The second-order valence-corrected chi connectivity index (χ2v) is 13.5. The molecule has 3 N–H and O–H groups in total. The maximum absolute atomic E-state index is 14.8. The highest BCUT2D eigenvalue weighted by atomic mass is 16.5. The van der Waals surface area contributed by atoms with E-state index in [0.29, 0.717) is 24.2 Å². The number of hydrogen-bond donors (Lipinski definition) is 3. The summed E-state index contributed by atoms with van der Waals surface area (Å²) in [6, 6.07) is 1.71. The molecule has 0 radical (unpaired) electrons. The average Bonchev–Trinajstić information content (AvgIpc) is 3.81. The molecule has 0 aromatic rings. The minimum Gasteiger partial charge on any atom is -0.462 e. The van der Waals surface area contributed by atoms with Crippen molar-refractivity contribution in [3.8, 4) is 0 Å². The van der Waals surface area contributed by atoms with E-state index < -0.39 is 30.9 Å². The van der Waals surface area contributed by atoms with Crippen LogP contribution in [-0.2, 0) is 9.53 Å². The van der Waals surface area contributed by atoms with Crippen molar-refractivity contribution < 1.29 is 24.9 Å². The van der Waals surface area contributed by atoms with Gasteiger partial charge in [0.1, 0.15) is 12.8 Å². The van der Waals surface area contributed by atoms with Crippen LogP contribution in [0.2, 0.25) is 0 Å². The van der Waals surface area contributed by atoms with Gasteiger partial charge in [-0.2, -0.15) is 0 Å². The summed E-state index contributed by atoms with van der Waals surface area (Å²) in [6.07, 6.45) is 13.7. The summed E-state index contributed by atoms with van der Waals surface area (Å²) >= 11 is 0. The number of rotatable bonds is 23. The van der Waals surface area contributed by atoms with E-state index in [4.69, 9.17) is 4.74 Å². The van der Waals surface area contributed by atoms with Gasteiger partial charge in [0, 0.05) is 50.3 Å². The van der Waals surface area contributed by atoms with E-state index in [2.05, 4.69) is 47.3 Å². The third kappa shape index (κ3) is 7.30. The number of esters is 1. The number of aliphatic hydroxyl groups is 3. The molecule has 4 saturated heterocycles. The minimum atomic E-state index is -1.25. The second-order valence-electron chi connectivity index (χ2n) is 13.5. The Hall–Kier alpha value is -0.810. The van der Waals surface area contributed by atoms with E-state index in [9.17, 15) is 20.1 Å². The second kappa shape index (κ2) is 14.8. The molecule has 0 bridgehead atoms. The van der Waals surface area contributed by atoms with Crippen LogP contribution in [0.4, 0.5) is 0 Å². The number of carbonyl (C=O) groups is 1. The largest absolute Gasteiger partial charge is 0.462 e. The monoisotopic (exact) mass is 580 g/mol. The molecule has 0 aromatic carbocycles. The molecule has 8 atom stereocenters. The Balaban J connectivity index is 1.71. The van der Waals surface area contributed by atoms with Crippen LogP contribution in [0.15, 0.2) is 0 Å². The van der Waals surface area contributed by atoms with Crippen molar-refractivity contribution in [3.63, 3.8) is 0 Å². The molecule has 0 aromatic heterocycles. The Bertz CT molecular complexity index is 774. The highest BCUT2D eigenvalue weighted by Gasteiger charge is 2.73. The smallest absolute Gasteiger partial charge is 0.345 e. The van der Waals surface area contributed by atoms with Gasteiger partial charge in [0.2, 0.25) is 5.66 Å².